The lowest BCUT2D eigenvalue weighted by molar-refractivity contribution is -0.131. The minimum absolute atomic E-state index is 0.268. The molecule has 1 aliphatic rings. The molecule has 0 aliphatic carbocycles. The molecule has 3 rings (SSSR count). The van der Waals surface area contributed by atoms with Gasteiger partial charge in [0.15, 0.2) is 5.78 Å². The van der Waals surface area contributed by atoms with Crippen molar-refractivity contribution in [2.24, 2.45) is 0 Å². The summed E-state index contributed by atoms with van der Waals surface area (Å²) in [6.07, 6.45) is 1.92. The van der Waals surface area contributed by atoms with Crippen molar-refractivity contribution in [2.75, 3.05) is 6.54 Å². The Hall–Kier alpha value is -2.54. The number of benzene rings is 1. The zero-order chi connectivity index (χ0) is 20.5. The molecule has 0 unspecified atom stereocenters. The Morgan fingerprint density at radius 1 is 1.21 bits per heavy atom. The first kappa shape index (κ1) is 20.2. The summed E-state index contributed by atoms with van der Waals surface area (Å²) < 4.78 is 13.4. The van der Waals surface area contributed by atoms with Gasteiger partial charge >= 0.3 is 6.03 Å². The molecule has 1 atom stereocenters. The Morgan fingerprint density at radius 2 is 1.89 bits per heavy atom. The van der Waals surface area contributed by atoms with Crippen LogP contribution < -0.4 is 5.32 Å². The third-order valence-electron chi connectivity index (χ3n) is 5.06. The molecule has 28 heavy (non-hydrogen) atoms. The maximum atomic E-state index is 13.4. The molecule has 0 radical (unpaired) electrons. The number of carbonyl (C=O) groups is 3. The van der Waals surface area contributed by atoms with E-state index in [0.29, 0.717) is 24.0 Å². The van der Waals surface area contributed by atoms with Gasteiger partial charge in [-0.25, -0.2) is 9.18 Å². The highest BCUT2D eigenvalue weighted by Gasteiger charge is 2.52. The highest BCUT2D eigenvalue weighted by Crippen LogP contribution is 2.34. The highest BCUT2D eigenvalue weighted by molar-refractivity contribution is 7.12. The van der Waals surface area contributed by atoms with Crippen LogP contribution in [0.5, 0.6) is 0 Å². The summed E-state index contributed by atoms with van der Waals surface area (Å²) in [5.74, 6) is -1.15. The quantitative estimate of drug-likeness (QED) is 0.554. The number of urea groups is 1. The molecule has 1 aliphatic heterocycles. The Labute approximate surface area is 167 Å². The number of nitrogens with one attached hydrogen (secondary N) is 1. The van der Waals surface area contributed by atoms with Crippen LogP contribution in [0.1, 0.15) is 51.9 Å². The van der Waals surface area contributed by atoms with Crippen LogP contribution in [0, 0.1) is 19.7 Å². The average molecular weight is 402 g/mol. The lowest BCUT2D eigenvalue weighted by Gasteiger charge is -2.27. The van der Waals surface area contributed by atoms with Gasteiger partial charge in [-0.2, -0.15) is 0 Å². The molecule has 1 N–H and O–H groups in total. The van der Waals surface area contributed by atoms with E-state index in [1.165, 1.54) is 35.6 Å². The Kier molecular flexibility index (Phi) is 5.65. The topological polar surface area (TPSA) is 66.5 Å². The van der Waals surface area contributed by atoms with Crippen molar-refractivity contribution in [1.29, 1.82) is 0 Å². The molecule has 0 bridgehead atoms. The molecule has 1 aromatic carbocycles. The van der Waals surface area contributed by atoms with Crippen LogP contribution in [0.2, 0.25) is 0 Å². The summed E-state index contributed by atoms with van der Waals surface area (Å²) in [5, 5.41) is 2.78. The molecule has 5 nitrogen and oxygen atoms in total. The number of nitrogens with zero attached hydrogens (tertiary/aromatic N) is 1. The molecule has 1 saturated heterocycles. The number of halogens is 1. The van der Waals surface area contributed by atoms with E-state index < -0.39 is 23.3 Å². The molecular formula is C21H23FN2O3S. The largest absolute Gasteiger partial charge is 0.325 e. The van der Waals surface area contributed by atoms with Crippen molar-refractivity contribution < 1.29 is 18.8 Å². The van der Waals surface area contributed by atoms with E-state index in [1.807, 2.05) is 20.8 Å². The number of unbranched alkanes of at least 4 members (excludes halogenated alkanes) is 1. The second-order valence-electron chi connectivity index (χ2n) is 7.09. The van der Waals surface area contributed by atoms with E-state index >= 15 is 0 Å². The average Bonchev–Trinajstić information content (AvgIpc) is 3.12. The van der Waals surface area contributed by atoms with Crippen LogP contribution in [0.4, 0.5) is 9.18 Å². The summed E-state index contributed by atoms with van der Waals surface area (Å²) in [4.78, 5) is 41.5. The predicted molar refractivity (Wildman–Crippen MR) is 106 cm³/mol. The smallest absolute Gasteiger partial charge is 0.319 e. The normalized spacial score (nSPS) is 19.2. The lowest BCUT2D eigenvalue weighted by Crippen LogP contribution is -2.44. The summed E-state index contributed by atoms with van der Waals surface area (Å²) in [6.45, 7) is 5.44. The van der Waals surface area contributed by atoms with E-state index in [4.69, 9.17) is 0 Å². The minimum atomic E-state index is -1.26. The second kappa shape index (κ2) is 7.83. The van der Waals surface area contributed by atoms with Crippen LogP contribution in [0.3, 0.4) is 0 Å². The van der Waals surface area contributed by atoms with E-state index in [9.17, 15) is 18.8 Å². The molecule has 2 aromatic rings. The van der Waals surface area contributed by atoms with Gasteiger partial charge in [-0.05, 0) is 44.0 Å². The number of aryl methyl sites for hydroxylation is 2. The van der Waals surface area contributed by atoms with Crippen molar-refractivity contribution in [3.63, 3.8) is 0 Å². The molecule has 148 valence electrons. The van der Waals surface area contributed by atoms with Crippen LogP contribution in [0.15, 0.2) is 30.3 Å². The highest BCUT2D eigenvalue weighted by atomic mass is 32.1. The summed E-state index contributed by atoms with van der Waals surface area (Å²) in [5.41, 5.74) is -0.199. The van der Waals surface area contributed by atoms with Crippen molar-refractivity contribution in [3.05, 3.63) is 57.0 Å². The molecular weight excluding hydrogens is 379 g/mol. The first-order valence-electron chi connectivity index (χ1n) is 9.29. The number of hydrogen-bond donors (Lipinski definition) is 1. The van der Waals surface area contributed by atoms with Crippen LogP contribution in [-0.2, 0) is 10.3 Å². The zero-order valence-electron chi connectivity index (χ0n) is 16.2. The van der Waals surface area contributed by atoms with Crippen LogP contribution in [-0.4, -0.2) is 29.2 Å². The number of amides is 3. The van der Waals surface area contributed by atoms with E-state index in [-0.39, 0.29) is 12.3 Å². The number of thiophene rings is 1. The van der Waals surface area contributed by atoms with Gasteiger partial charge in [0.05, 0.1) is 6.54 Å². The van der Waals surface area contributed by atoms with Crippen molar-refractivity contribution in [2.45, 2.75) is 45.6 Å². The molecule has 3 amide bonds. The summed E-state index contributed by atoms with van der Waals surface area (Å²) in [6, 6.07) is 6.76. The standard InChI is InChI=1S/C21H23FN2O3S/c1-4-5-10-21(15-6-8-16(22)9-7-15)19(26)24(20(27)23-21)12-18(25)17-11-13(2)28-14(17)3/h6-9,11H,4-5,10,12H2,1-3H3,(H,23,27)/t21-/m1/s1. The van der Waals surface area contributed by atoms with Gasteiger partial charge in [0.25, 0.3) is 5.91 Å². The maximum absolute atomic E-state index is 13.4. The Morgan fingerprint density at radius 3 is 2.46 bits per heavy atom. The Balaban J connectivity index is 1.91. The van der Waals surface area contributed by atoms with E-state index in [0.717, 1.165) is 21.1 Å². The third-order valence-corrected chi connectivity index (χ3v) is 6.03. The number of imide groups is 1. The molecule has 0 spiro atoms. The third kappa shape index (κ3) is 3.58. The van der Waals surface area contributed by atoms with Gasteiger partial charge in [-0.1, -0.05) is 31.9 Å². The van der Waals surface area contributed by atoms with Gasteiger partial charge in [0, 0.05) is 15.3 Å². The first-order valence-corrected chi connectivity index (χ1v) is 10.1. The van der Waals surface area contributed by atoms with E-state index in [1.54, 1.807) is 6.07 Å². The first-order chi connectivity index (χ1) is 13.3. The number of carbonyl (C=O) groups excluding carboxylic acids is 3. The van der Waals surface area contributed by atoms with Gasteiger partial charge in [0.2, 0.25) is 0 Å². The molecule has 7 heteroatoms. The minimum Gasteiger partial charge on any atom is -0.319 e. The van der Waals surface area contributed by atoms with E-state index in [2.05, 4.69) is 5.32 Å². The SMILES string of the molecule is CCCC[C@]1(c2ccc(F)cc2)NC(=O)N(CC(=O)c2cc(C)sc2C)C1=O. The fourth-order valence-corrected chi connectivity index (χ4v) is 4.53. The van der Waals surface area contributed by atoms with Gasteiger partial charge in [0.1, 0.15) is 11.4 Å². The fourth-order valence-electron chi connectivity index (χ4n) is 3.59. The van der Waals surface area contributed by atoms with Gasteiger partial charge < -0.3 is 5.32 Å². The number of Topliss-reactive ketones (excluding diaryl/α,β-unsaturated/α-hetero) is 1. The molecule has 1 fully saturated rings. The maximum Gasteiger partial charge on any atom is 0.325 e. The van der Waals surface area contributed by atoms with Gasteiger partial charge in [-0.15, -0.1) is 11.3 Å². The van der Waals surface area contributed by atoms with Crippen molar-refractivity contribution in [3.8, 4) is 0 Å². The van der Waals surface area contributed by atoms with Crippen LogP contribution >= 0.6 is 11.3 Å². The summed E-state index contributed by atoms with van der Waals surface area (Å²) >= 11 is 1.51. The second-order valence-corrected chi connectivity index (χ2v) is 8.55. The van der Waals surface area contributed by atoms with Crippen molar-refractivity contribution >= 4 is 29.1 Å². The van der Waals surface area contributed by atoms with Gasteiger partial charge in [-0.3, -0.25) is 14.5 Å². The zero-order valence-corrected chi connectivity index (χ0v) is 17.0. The number of ketones is 1. The predicted octanol–water partition coefficient (Wildman–Crippen LogP) is 4.32. The molecule has 1 aromatic heterocycles. The summed E-state index contributed by atoms with van der Waals surface area (Å²) in [7, 11) is 0. The number of hydrogen-bond acceptors (Lipinski definition) is 4. The fraction of sp³-hybridized carbons (Fsp3) is 0.381. The lowest BCUT2D eigenvalue weighted by atomic mass is 9.84. The monoisotopic (exact) mass is 402 g/mol. The van der Waals surface area contributed by atoms with Crippen molar-refractivity contribution in [1.82, 2.24) is 10.2 Å². The molecule has 2 heterocycles. The Bertz CT molecular complexity index is 922. The number of rotatable bonds is 7. The van der Waals surface area contributed by atoms with Crippen LogP contribution in [0.25, 0.3) is 0 Å². The molecule has 0 saturated carbocycles.